The number of thiazole rings is 1. The van der Waals surface area contributed by atoms with Gasteiger partial charge in [-0.25, -0.2) is 4.98 Å². The van der Waals surface area contributed by atoms with Crippen molar-refractivity contribution >= 4 is 11.3 Å². The number of aryl methyl sites for hydroxylation is 2. The Labute approximate surface area is 105 Å². The zero-order valence-corrected chi connectivity index (χ0v) is 11.2. The summed E-state index contributed by atoms with van der Waals surface area (Å²) >= 11 is 1.52. The van der Waals surface area contributed by atoms with Gasteiger partial charge in [-0.1, -0.05) is 0 Å². The maximum atomic E-state index is 9.08. The molecule has 88 valence electrons. The molecule has 0 unspecified atom stereocenters. The summed E-state index contributed by atoms with van der Waals surface area (Å²) in [5, 5.41) is 11.9. The average molecular weight is 246 g/mol. The summed E-state index contributed by atoms with van der Waals surface area (Å²) in [6.45, 7) is 7.60. The van der Waals surface area contributed by atoms with Crippen molar-refractivity contribution in [2.24, 2.45) is 0 Å². The van der Waals surface area contributed by atoms with Crippen LogP contribution in [0.2, 0.25) is 0 Å². The highest BCUT2D eigenvalue weighted by atomic mass is 32.1. The second kappa shape index (κ2) is 4.01. The zero-order chi connectivity index (χ0) is 12.6. The molecule has 0 aromatic carbocycles. The van der Waals surface area contributed by atoms with Crippen molar-refractivity contribution in [2.75, 3.05) is 0 Å². The first-order valence-electron chi connectivity index (χ1n) is 5.38. The van der Waals surface area contributed by atoms with Gasteiger partial charge < -0.3 is 4.42 Å². The molecule has 0 aliphatic carbocycles. The van der Waals surface area contributed by atoms with Gasteiger partial charge in [0.25, 0.3) is 0 Å². The molecule has 0 saturated heterocycles. The summed E-state index contributed by atoms with van der Waals surface area (Å²) in [4.78, 5) is 4.53. The fourth-order valence-electron chi connectivity index (χ4n) is 1.62. The molecule has 2 rings (SSSR count). The Hall–Kier alpha value is -1.60. The monoisotopic (exact) mass is 246 g/mol. The van der Waals surface area contributed by atoms with Gasteiger partial charge in [-0.05, 0) is 33.8 Å². The lowest BCUT2D eigenvalue weighted by Crippen LogP contribution is -2.13. The number of hydrogen-bond donors (Lipinski definition) is 0. The lowest BCUT2D eigenvalue weighted by atomic mass is 9.97. The maximum Gasteiger partial charge on any atom is 0.113 e. The fraction of sp³-hybridized carbons (Fsp3) is 0.385. The van der Waals surface area contributed by atoms with Crippen LogP contribution in [0.4, 0.5) is 0 Å². The summed E-state index contributed by atoms with van der Waals surface area (Å²) in [5.74, 6) is 1.75. The van der Waals surface area contributed by atoms with Crippen LogP contribution in [0.15, 0.2) is 15.9 Å². The molecule has 0 bridgehead atoms. The van der Waals surface area contributed by atoms with Gasteiger partial charge in [-0.2, -0.15) is 5.26 Å². The first kappa shape index (κ1) is 11.9. The lowest BCUT2D eigenvalue weighted by Gasteiger charge is -2.09. The van der Waals surface area contributed by atoms with Crippen LogP contribution < -0.4 is 0 Å². The molecule has 2 aromatic heterocycles. The molecule has 2 heterocycles. The summed E-state index contributed by atoms with van der Waals surface area (Å²) in [6, 6.07) is 4.25. The minimum Gasteiger partial charge on any atom is -0.466 e. The Morgan fingerprint density at radius 3 is 2.65 bits per heavy atom. The van der Waals surface area contributed by atoms with Crippen molar-refractivity contribution in [2.45, 2.75) is 33.1 Å². The second-order valence-electron chi connectivity index (χ2n) is 4.60. The molecule has 0 amide bonds. The number of rotatable bonds is 2. The number of aromatic nitrogens is 1. The van der Waals surface area contributed by atoms with Crippen molar-refractivity contribution in [1.82, 2.24) is 4.98 Å². The Bertz CT molecular complexity index is 587. The van der Waals surface area contributed by atoms with Crippen LogP contribution in [0.3, 0.4) is 0 Å². The summed E-state index contributed by atoms with van der Waals surface area (Å²) in [7, 11) is 0. The molecular formula is C13H14N2OS. The molecule has 17 heavy (non-hydrogen) atoms. The van der Waals surface area contributed by atoms with Crippen LogP contribution in [0, 0.1) is 25.2 Å². The van der Waals surface area contributed by atoms with Gasteiger partial charge in [0.1, 0.15) is 21.9 Å². The van der Waals surface area contributed by atoms with Gasteiger partial charge >= 0.3 is 0 Å². The first-order chi connectivity index (χ1) is 7.94. The van der Waals surface area contributed by atoms with Gasteiger partial charge in [-0.3, -0.25) is 0 Å². The highest BCUT2D eigenvalue weighted by Gasteiger charge is 2.24. The number of nitriles is 1. The smallest absolute Gasteiger partial charge is 0.113 e. The van der Waals surface area contributed by atoms with E-state index in [0.29, 0.717) is 0 Å². The predicted molar refractivity (Wildman–Crippen MR) is 67.9 cm³/mol. The molecule has 0 fully saturated rings. The highest BCUT2D eigenvalue weighted by molar-refractivity contribution is 7.10. The molecule has 0 radical (unpaired) electrons. The minimum absolute atomic E-state index is 0.532. The van der Waals surface area contributed by atoms with Crippen molar-refractivity contribution in [1.29, 1.82) is 5.26 Å². The first-order valence-corrected chi connectivity index (χ1v) is 6.26. The molecule has 2 aromatic rings. The van der Waals surface area contributed by atoms with Crippen LogP contribution in [-0.4, -0.2) is 4.98 Å². The van der Waals surface area contributed by atoms with Gasteiger partial charge in [0, 0.05) is 10.9 Å². The summed E-state index contributed by atoms with van der Waals surface area (Å²) in [6.07, 6.45) is 0. The highest BCUT2D eigenvalue weighted by Crippen LogP contribution is 2.32. The van der Waals surface area contributed by atoms with E-state index >= 15 is 0 Å². The standard InChI is InChI=1S/C13H14N2OS/c1-8-5-10(9(2)16-8)11-6-17-12(15-11)13(3,4)7-14/h5-6H,1-4H3. The van der Waals surface area contributed by atoms with Gasteiger partial charge in [0.05, 0.1) is 11.8 Å². The molecule has 0 atom stereocenters. The van der Waals surface area contributed by atoms with Crippen LogP contribution in [-0.2, 0) is 5.41 Å². The van der Waals surface area contributed by atoms with Crippen molar-refractivity contribution in [3.8, 4) is 17.3 Å². The predicted octanol–water partition coefficient (Wildman–Crippen LogP) is 3.82. The molecule has 4 heteroatoms. The van der Waals surface area contributed by atoms with E-state index in [1.54, 1.807) is 0 Å². The summed E-state index contributed by atoms with van der Waals surface area (Å²) in [5.41, 5.74) is 1.37. The molecule has 3 nitrogen and oxygen atoms in total. The van der Waals surface area contributed by atoms with Gasteiger partial charge in [0.15, 0.2) is 0 Å². The van der Waals surface area contributed by atoms with Crippen molar-refractivity contribution in [3.05, 3.63) is 28.0 Å². The van der Waals surface area contributed by atoms with E-state index in [4.69, 9.17) is 9.68 Å². The van der Waals surface area contributed by atoms with E-state index in [1.807, 2.05) is 39.1 Å². The molecule has 0 aliphatic heterocycles. The number of hydrogen-bond acceptors (Lipinski definition) is 4. The van der Waals surface area contributed by atoms with Crippen molar-refractivity contribution in [3.63, 3.8) is 0 Å². The molecule has 0 spiro atoms. The fourth-order valence-corrected chi connectivity index (χ4v) is 2.51. The Morgan fingerprint density at radius 2 is 2.12 bits per heavy atom. The van der Waals surface area contributed by atoms with E-state index in [2.05, 4.69) is 11.1 Å². The Balaban J connectivity index is 2.44. The van der Waals surface area contributed by atoms with Gasteiger partial charge in [-0.15, -0.1) is 11.3 Å². The SMILES string of the molecule is Cc1cc(-c2csc(C(C)(C)C#N)n2)c(C)o1. The molecule has 0 saturated carbocycles. The van der Waals surface area contributed by atoms with Gasteiger partial charge in [0.2, 0.25) is 0 Å². The van der Waals surface area contributed by atoms with Crippen molar-refractivity contribution < 1.29 is 4.42 Å². The molecular weight excluding hydrogens is 232 g/mol. The Morgan fingerprint density at radius 1 is 1.41 bits per heavy atom. The van der Waals surface area contributed by atoms with Crippen LogP contribution >= 0.6 is 11.3 Å². The topological polar surface area (TPSA) is 49.8 Å². The van der Waals surface area contributed by atoms with Crippen LogP contribution in [0.5, 0.6) is 0 Å². The van der Waals surface area contributed by atoms with Crippen LogP contribution in [0.25, 0.3) is 11.3 Å². The van der Waals surface area contributed by atoms with E-state index in [0.717, 1.165) is 27.8 Å². The minimum atomic E-state index is -0.532. The largest absolute Gasteiger partial charge is 0.466 e. The Kier molecular flexibility index (Phi) is 2.80. The third kappa shape index (κ3) is 2.11. The van der Waals surface area contributed by atoms with Crippen LogP contribution in [0.1, 0.15) is 30.4 Å². The lowest BCUT2D eigenvalue weighted by molar-refractivity contribution is 0.505. The van der Waals surface area contributed by atoms with E-state index < -0.39 is 5.41 Å². The maximum absolute atomic E-state index is 9.08. The van der Waals surface area contributed by atoms with E-state index in [9.17, 15) is 0 Å². The summed E-state index contributed by atoms with van der Waals surface area (Å²) < 4.78 is 5.49. The van der Waals surface area contributed by atoms with E-state index in [1.165, 1.54) is 11.3 Å². The third-order valence-electron chi connectivity index (χ3n) is 2.64. The normalized spacial score (nSPS) is 11.5. The number of nitrogens with zero attached hydrogens (tertiary/aromatic N) is 2. The quantitative estimate of drug-likeness (QED) is 0.809. The molecule has 0 aliphatic rings. The zero-order valence-electron chi connectivity index (χ0n) is 10.4. The molecule has 0 N–H and O–H groups in total. The average Bonchev–Trinajstić information content (AvgIpc) is 2.85. The third-order valence-corrected chi connectivity index (χ3v) is 3.80. The van der Waals surface area contributed by atoms with E-state index in [-0.39, 0.29) is 0 Å². The second-order valence-corrected chi connectivity index (χ2v) is 5.46. The number of furan rings is 1.